The van der Waals surface area contributed by atoms with Crippen LogP contribution >= 0.6 is 11.3 Å². The number of fused-ring (bicyclic) bond motifs is 1. The summed E-state index contributed by atoms with van der Waals surface area (Å²) in [5.74, 6) is 0.647. The molecule has 0 atom stereocenters. The largest absolute Gasteiger partial charge is 0.353 e. The quantitative estimate of drug-likeness (QED) is 0.392. The normalized spacial score (nSPS) is 16.7. The molecule has 2 aromatic rings. The number of benzene rings is 1. The summed E-state index contributed by atoms with van der Waals surface area (Å²) in [5.41, 5.74) is 4.25. The Labute approximate surface area is 139 Å². The molecule has 1 aromatic heterocycles. The molecule has 120 valence electrons. The van der Waals surface area contributed by atoms with Crippen molar-refractivity contribution in [2.24, 2.45) is 4.99 Å². The van der Waals surface area contributed by atoms with E-state index in [1.54, 1.807) is 18.4 Å². The van der Waals surface area contributed by atoms with Crippen molar-refractivity contribution in [2.75, 3.05) is 7.05 Å². The molecular formula is C17H20N4OS. The number of aromatic nitrogens is 1. The molecule has 2 N–H and O–H groups in total. The molecule has 0 spiro atoms. The third-order valence-electron chi connectivity index (χ3n) is 3.99. The van der Waals surface area contributed by atoms with Crippen molar-refractivity contribution < 1.29 is 4.79 Å². The topological polar surface area (TPSA) is 66.4 Å². The second-order valence-corrected chi connectivity index (χ2v) is 6.51. The van der Waals surface area contributed by atoms with Crippen LogP contribution in [0.3, 0.4) is 0 Å². The molecule has 5 nitrogen and oxygen atoms in total. The number of carbonyl (C=O) groups excluding carboxylic acids is 1. The van der Waals surface area contributed by atoms with Crippen molar-refractivity contribution in [3.63, 3.8) is 0 Å². The second-order valence-electron chi connectivity index (χ2n) is 5.62. The first kappa shape index (κ1) is 15.7. The number of nitrogens with one attached hydrogen (secondary N) is 2. The lowest BCUT2D eigenvalue weighted by molar-refractivity contribution is -0.105. The Balaban J connectivity index is 1.73. The van der Waals surface area contributed by atoms with Gasteiger partial charge in [0.05, 0.1) is 21.4 Å². The van der Waals surface area contributed by atoms with E-state index in [9.17, 15) is 4.79 Å². The van der Waals surface area contributed by atoms with E-state index >= 15 is 0 Å². The number of aldehydes is 1. The van der Waals surface area contributed by atoms with Gasteiger partial charge in [0.25, 0.3) is 0 Å². The third kappa shape index (κ3) is 3.96. The summed E-state index contributed by atoms with van der Waals surface area (Å²) in [6.45, 7) is 0. The summed E-state index contributed by atoms with van der Waals surface area (Å²) in [6.07, 6.45) is 7.46. The zero-order valence-electron chi connectivity index (χ0n) is 13.1. The molecular weight excluding hydrogens is 308 g/mol. The van der Waals surface area contributed by atoms with Gasteiger partial charge < -0.3 is 10.6 Å². The number of aliphatic imine (C=N–C) groups is 1. The average Bonchev–Trinajstić information content (AvgIpc) is 3.24. The number of guanidine groups is 1. The van der Waals surface area contributed by atoms with Crippen molar-refractivity contribution >= 4 is 39.9 Å². The van der Waals surface area contributed by atoms with E-state index in [0.717, 1.165) is 34.9 Å². The van der Waals surface area contributed by atoms with Gasteiger partial charge in [0.2, 0.25) is 0 Å². The van der Waals surface area contributed by atoms with Gasteiger partial charge in [-0.2, -0.15) is 0 Å². The maximum Gasteiger partial charge on any atom is 0.195 e. The van der Waals surface area contributed by atoms with Crippen LogP contribution in [0.5, 0.6) is 0 Å². The number of nitrogens with zero attached hydrogens (tertiary/aromatic N) is 2. The van der Waals surface area contributed by atoms with Crippen LogP contribution in [0.15, 0.2) is 34.4 Å². The van der Waals surface area contributed by atoms with E-state index in [1.165, 1.54) is 12.8 Å². The summed E-state index contributed by atoms with van der Waals surface area (Å²) in [7, 11) is 1.72. The van der Waals surface area contributed by atoms with Gasteiger partial charge in [0.1, 0.15) is 0 Å². The molecule has 0 bridgehead atoms. The summed E-state index contributed by atoms with van der Waals surface area (Å²) >= 11 is 1.59. The van der Waals surface area contributed by atoms with Crippen LogP contribution in [0, 0.1) is 0 Å². The highest BCUT2D eigenvalue weighted by Crippen LogP contribution is 2.20. The molecule has 3 rings (SSSR count). The van der Waals surface area contributed by atoms with E-state index in [0.29, 0.717) is 17.7 Å². The van der Waals surface area contributed by atoms with Crippen molar-refractivity contribution in [1.29, 1.82) is 0 Å². The lowest BCUT2D eigenvalue weighted by atomic mass is 10.2. The van der Waals surface area contributed by atoms with E-state index in [-0.39, 0.29) is 0 Å². The monoisotopic (exact) mass is 328 g/mol. The summed E-state index contributed by atoms with van der Waals surface area (Å²) < 4.78 is 1.11. The first-order chi connectivity index (χ1) is 11.3. The maximum absolute atomic E-state index is 11.4. The fraction of sp³-hybridized carbons (Fsp3) is 0.353. The zero-order valence-corrected chi connectivity index (χ0v) is 13.9. The van der Waals surface area contributed by atoms with Crippen molar-refractivity contribution in [3.8, 4) is 0 Å². The van der Waals surface area contributed by atoms with Gasteiger partial charge in [-0.3, -0.25) is 9.79 Å². The molecule has 1 saturated carbocycles. The highest BCUT2D eigenvalue weighted by molar-refractivity contribution is 7.16. The van der Waals surface area contributed by atoms with E-state index in [2.05, 4.69) is 20.6 Å². The van der Waals surface area contributed by atoms with Gasteiger partial charge in [0.15, 0.2) is 12.2 Å². The minimum atomic E-state index is 0.447. The molecule has 0 radical (unpaired) electrons. The highest BCUT2D eigenvalue weighted by atomic mass is 32.1. The van der Waals surface area contributed by atoms with Crippen molar-refractivity contribution in [3.05, 3.63) is 35.0 Å². The van der Waals surface area contributed by atoms with Crippen LogP contribution in [0.2, 0.25) is 0 Å². The van der Waals surface area contributed by atoms with E-state index < -0.39 is 0 Å². The van der Waals surface area contributed by atoms with Gasteiger partial charge >= 0.3 is 0 Å². The summed E-state index contributed by atoms with van der Waals surface area (Å²) in [5, 5.41) is 6.46. The first-order valence-electron chi connectivity index (χ1n) is 7.79. The van der Waals surface area contributed by atoms with Crippen LogP contribution in [-0.2, 0) is 4.79 Å². The Morgan fingerprint density at radius 1 is 1.39 bits per heavy atom. The predicted octanol–water partition coefficient (Wildman–Crippen LogP) is 2.94. The van der Waals surface area contributed by atoms with Crippen LogP contribution in [-0.4, -0.2) is 30.3 Å². The molecule has 6 heteroatoms. The Morgan fingerprint density at radius 2 is 2.22 bits per heavy atom. The number of thiazole rings is 1. The molecule has 0 aliphatic heterocycles. The number of hydrogen-bond acceptors (Lipinski definition) is 4. The average molecular weight is 328 g/mol. The molecule has 1 heterocycles. The fourth-order valence-electron chi connectivity index (χ4n) is 2.80. The zero-order chi connectivity index (χ0) is 16.1. The number of hydrogen-bond donors (Lipinski definition) is 2. The Bertz CT molecular complexity index is 744. The molecule has 0 saturated heterocycles. The smallest absolute Gasteiger partial charge is 0.195 e. The molecule has 23 heavy (non-hydrogen) atoms. The molecule has 1 aromatic carbocycles. The Morgan fingerprint density at radius 3 is 2.96 bits per heavy atom. The number of carbonyl (C=O) groups is 1. The van der Waals surface area contributed by atoms with Crippen LogP contribution in [0.4, 0.5) is 0 Å². The van der Waals surface area contributed by atoms with Gasteiger partial charge in [0, 0.05) is 13.1 Å². The van der Waals surface area contributed by atoms with Crippen LogP contribution in [0.25, 0.3) is 16.3 Å². The Hall–Kier alpha value is -2.21. The van der Waals surface area contributed by atoms with Gasteiger partial charge in [-0.05, 0) is 36.6 Å². The van der Waals surface area contributed by atoms with Gasteiger partial charge in [-0.15, -0.1) is 11.3 Å². The van der Waals surface area contributed by atoms with E-state index in [1.807, 2.05) is 29.8 Å². The Kier molecular flexibility index (Phi) is 5.02. The molecule has 0 amide bonds. The fourth-order valence-corrected chi connectivity index (χ4v) is 3.52. The summed E-state index contributed by atoms with van der Waals surface area (Å²) in [4.78, 5) is 19.9. The summed E-state index contributed by atoms with van der Waals surface area (Å²) in [6, 6.07) is 6.40. The van der Waals surface area contributed by atoms with Gasteiger partial charge in [-0.25, -0.2) is 4.98 Å². The van der Waals surface area contributed by atoms with Crippen molar-refractivity contribution in [2.45, 2.75) is 31.7 Å². The molecule has 1 fully saturated rings. The standard InChI is InChI=1S/C17H20N4OS/c1-18-17(20-13-4-2-3-5-13)21-14(10-22)8-12-6-7-15-16(9-12)23-11-19-15/h6-11,13H,2-5H2,1H3,(H2,18,20,21)/b14-8-. The van der Waals surface area contributed by atoms with E-state index in [4.69, 9.17) is 0 Å². The number of rotatable bonds is 4. The number of allylic oxidation sites excluding steroid dienone is 1. The van der Waals surface area contributed by atoms with Gasteiger partial charge in [-0.1, -0.05) is 18.9 Å². The third-order valence-corrected chi connectivity index (χ3v) is 4.78. The first-order valence-corrected chi connectivity index (χ1v) is 8.67. The minimum absolute atomic E-state index is 0.447. The maximum atomic E-state index is 11.4. The van der Waals surface area contributed by atoms with Crippen LogP contribution in [0.1, 0.15) is 31.2 Å². The highest BCUT2D eigenvalue weighted by Gasteiger charge is 2.16. The molecule has 1 aliphatic carbocycles. The SMILES string of the molecule is CN=C(N/C(C=O)=C\c1ccc2ncsc2c1)NC1CCCC1. The predicted molar refractivity (Wildman–Crippen MR) is 95.5 cm³/mol. The second kappa shape index (κ2) is 7.37. The minimum Gasteiger partial charge on any atom is -0.353 e. The molecule has 1 aliphatic rings. The lowest BCUT2D eigenvalue weighted by Crippen LogP contribution is -2.42. The lowest BCUT2D eigenvalue weighted by Gasteiger charge is -2.16. The molecule has 0 unspecified atom stereocenters. The van der Waals surface area contributed by atoms with Crippen LogP contribution < -0.4 is 10.6 Å². The van der Waals surface area contributed by atoms with Crippen molar-refractivity contribution in [1.82, 2.24) is 15.6 Å².